The molecule has 0 saturated carbocycles. The van der Waals surface area contributed by atoms with Crippen LogP contribution in [0, 0.1) is 0 Å². The lowest BCUT2D eigenvalue weighted by Crippen LogP contribution is -2.03. The van der Waals surface area contributed by atoms with Gasteiger partial charge >= 0.3 is 5.97 Å². The van der Waals surface area contributed by atoms with Crippen LogP contribution >= 0.6 is 15.9 Å². The van der Waals surface area contributed by atoms with Crippen LogP contribution in [0.1, 0.15) is 17.3 Å². The summed E-state index contributed by atoms with van der Waals surface area (Å²) >= 11 is 3.55. The predicted molar refractivity (Wildman–Crippen MR) is 79.5 cm³/mol. The number of esters is 1. The summed E-state index contributed by atoms with van der Waals surface area (Å²) in [6.07, 6.45) is 0. The summed E-state index contributed by atoms with van der Waals surface area (Å²) in [7, 11) is 0. The normalized spacial score (nSPS) is 11.1. The van der Waals surface area contributed by atoms with Crippen molar-refractivity contribution in [3.05, 3.63) is 46.4 Å². The fourth-order valence-electron chi connectivity index (χ4n) is 2.25. The lowest BCUT2D eigenvalue weighted by Gasteiger charge is -2.02. The second-order valence-electron chi connectivity index (χ2n) is 4.27. The van der Waals surface area contributed by atoms with Crippen LogP contribution in [0.15, 0.2) is 40.9 Å². The van der Waals surface area contributed by atoms with E-state index in [1.165, 1.54) is 0 Å². The van der Waals surface area contributed by atoms with Gasteiger partial charge in [0.25, 0.3) is 0 Å². The van der Waals surface area contributed by atoms with Crippen molar-refractivity contribution in [1.82, 2.24) is 4.98 Å². The van der Waals surface area contributed by atoms with E-state index in [0.717, 1.165) is 26.3 Å². The second kappa shape index (κ2) is 4.70. The Morgan fingerprint density at radius 2 is 2.11 bits per heavy atom. The molecular weight excluding hydrogens is 306 g/mol. The van der Waals surface area contributed by atoms with Crippen LogP contribution in [0.3, 0.4) is 0 Å². The fourth-order valence-corrected chi connectivity index (χ4v) is 2.83. The number of aromatic nitrogens is 1. The van der Waals surface area contributed by atoms with Crippen molar-refractivity contribution >= 4 is 43.7 Å². The van der Waals surface area contributed by atoms with Crippen LogP contribution < -0.4 is 0 Å². The minimum Gasteiger partial charge on any atom is -0.462 e. The Morgan fingerprint density at radius 1 is 1.26 bits per heavy atom. The number of hydrogen-bond acceptors (Lipinski definition) is 2. The van der Waals surface area contributed by atoms with Crippen molar-refractivity contribution in [3.8, 4) is 0 Å². The largest absolute Gasteiger partial charge is 0.462 e. The van der Waals surface area contributed by atoms with E-state index in [9.17, 15) is 4.79 Å². The summed E-state index contributed by atoms with van der Waals surface area (Å²) < 4.78 is 6.05. The first kappa shape index (κ1) is 12.2. The van der Waals surface area contributed by atoms with Crippen molar-refractivity contribution in [2.75, 3.05) is 6.61 Å². The maximum Gasteiger partial charge on any atom is 0.338 e. The predicted octanol–water partition coefficient (Wildman–Crippen LogP) is 4.26. The zero-order chi connectivity index (χ0) is 13.4. The monoisotopic (exact) mass is 317 g/mol. The van der Waals surface area contributed by atoms with Gasteiger partial charge < -0.3 is 9.72 Å². The van der Waals surface area contributed by atoms with Crippen LogP contribution in [-0.4, -0.2) is 17.6 Å². The first-order chi connectivity index (χ1) is 9.20. The SMILES string of the molecule is CCOC(=O)c1ccc2[nH]c3cccc(Br)c3c2c1. The molecule has 3 nitrogen and oxygen atoms in total. The van der Waals surface area contributed by atoms with Gasteiger partial charge in [-0.25, -0.2) is 4.79 Å². The Labute approximate surface area is 118 Å². The summed E-state index contributed by atoms with van der Waals surface area (Å²) in [6, 6.07) is 11.6. The van der Waals surface area contributed by atoms with E-state index < -0.39 is 0 Å². The molecule has 0 saturated heterocycles. The molecule has 0 bridgehead atoms. The molecule has 0 aliphatic heterocycles. The number of carbonyl (C=O) groups is 1. The van der Waals surface area contributed by atoms with E-state index in [4.69, 9.17) is 4.74 Å². The van der Waals surface area contributed by atoms with Crippen molar-refractivity contribution < 1.29 is 9.53 Å². The van der Waals surface area contributed by atoms with Gasteiger partial charge in [0.05, 0.1) is 12.2 Å². The molecule has 0 atom stereocenters. The summed E-state index contributed by atoms with van der Waals surface area (Å²) in [5.74, 6) is -0.286. The summed E-state index contributed by atoms with van der Waals surface area (Å²) in [4.78, 5) is 15.1. The lowest BCUT2D eigenvalue weighted by molar-refractivity contribution is 0.0526. The smallest absolute Gasteiger partial charge is 0.338 e. The van der Waals surface area contributed by atoms with Gasteiger partial charge in [-0.2, -0.15) is 0 Å². The molecule has 1 aromatic heterocycles. The zero-order valence-electron chi connectivity index (χ0n) is 10.4. The third-order valence-corrected chi connectivity index (χ3v) is 3.74. The highest BCUT2D eigenvalue weighted by molar-refractivity contribution is 9.10. The zero-order valence-corrected chi connectivity index (χ0v) is 12.0. The van der Waals surface area contributed by atoms with Crippen molar-refractivity contribution in [1.29, 1.82) is 0 Å². The lowest BCUT2D eigenvalue weighted by atomic mass is 10.1. The number of rotatable bonds is 2. The number of nitrogens with one attached hydrogen (secondary N) is 1. The number of aromatic amines is 1. The van der Waals surface area contributed by atoms with Gasteiger partial charge in [-0.15, -0.1) is 0 Å². The van der Waals surface area contributed by atoms with Crippen molar-refractivity contribution in [2.24, 2.45) is 0 Å². The molecule has 96 valence electrons. The Hall–Kier alpha value is -1.81. The van der Waals surface area contributed by atoms with E-state index >= 15 is 0 Å². The third kappa shape index (κ3) is 2.02. The highest BCUT2D eigenvalue weighted by atomic mass is 79.9. The number of benzene rings is 2. The van der Waals surface area contributed by atoms with Gasteiger partial charge in [-0.05, 0) is 37.3 Å². The summed E-state index contributed by atoms with van der Waals surface area (Å²) in [6.45, 7) is 2.19. The molecule has 3 aromatic rings. The van der Waals surface area contributed by atoms with E-state index in [-0.39, 0.29) is 5.97 Å². The van der Waals surface area contributed by atoms with Crippen LogP contribution in [-0.2, 0) is 4.74 Å². The average molecular weight is 318 g/mol. The molecule has 0 amide bonds. The molecule has 19 heavy (non-hydrogen) atoms. The first-order valence-corrected chi connectivity index (χ1v) is 6.87. The minimum absolute atomic E-state index is 0.286. The van der Waals surface area contributed by atoms with Gasteiger partial charge in [0.2, 0.25) is 0 Å². The molecule has 0 spiro atoms. The topological polar surface area (TPSA) is 42.1 Å². The van der Waals surface area contributed by atoms with Gasteiger partial charge in [0, 0.05) is 26.3 Å². The molecule has 1 N–H and O–H groups in total. The number of hydrogen-bond donors (Lipinski definition) is 1. The van der Waals surface area contributed by atoms with E-state index in [1.54, 1.807) is 13.0 Å². The molecule has 0 aliphatic carbocycles. The summed E-state index contributed by atoms with van der Waals surface area (Å²) in [5.41, 5.74) is 2.63. The van der Waals surface area contributed by atoms with Gasteiger partial charge in [-0.3, -0.25) is 0 Å². The molecule has 1 heterocycles. The van der Waals surface area contributed by atoms with Crippen molar-refractivity contribution in [2.45, 2.75) is 6.92 Å². The fraction of sp³-hybridized carbons (Fsp3) is 0.133. The Bertz CT molecular complexity index is 776. The number of carbonyl (C=O) groups excluding carboxylic acids is 1. The Kier molecular flexibility index (Phi) is 3.03. The number of halogens is 1. The maximum atomic E-state index is 11.8. The standard InChI is InChI=1S/C15H12BrNO2/c1-2-19-15(18)9-6-7-12-10(8-9)14-11(16)4-3-5-13(14)17-12/h3-8,17H,2H2,1H3. The number of fused-ring (bicyclic) bond motifs is 3. The van der Waals surface area contributed by atoms with E-state index in [1.807, 2.05) is 30.3 Å². The van der Waals surface area contributed by atoms with Crippen LogP contribution in [0.5, 0.6) is 0 Å². The first-order valence-electron chi connectivity index (χ1n) is 6.08. The average Bonchev–Trinajstić information content (AvgIpc) is 2.77. The highest BCUT2D eigenvalue weighted by Crippen LogP contribution is 2.32. The molecule has 3 rings (SSSR count). The molecular formula is C15H12BrNO2. The highest BCUT2D eigenvalue weighted by Gasteiger charge is 2.11. The molecule has 0 unspecified atom stereocenters. The van der Waals surface area contributed by atoms with Gasteiger partial charge in [-0.1, -0.05) is 22.0 Å². The number of ether oxygens (including phenoxy) is 1. The number of H-pyrrole nitrogens is 1. The quantitative estimate of drug-likeness (QED) is 0.717. The van der Waals surface area contributed by atoms with Gasteiger partial charge in [0.1, 0.15) is 0 Å². The Balaban J connectivity index is 2.26. The van der Waals surface area contributed by atoms with Crippen LogP contribution in [0.2, 0.25) is 0 Å². The van der Waals surface area contributed by atoms with E-state index in [0.29, 0.717) is 12.2 Å². The molecule has 0 fully saturated rings. The molecule has 0 aliphatic rings. The maximum absolute atomic E-state index is 11.8. The van der Waals surface area contributed by atoms with E-state index in [2.05, 4.69) is 20.9 Å². The second-order valence-corrected chi connectivity index (χ2v) is 5.12. The molecule has 0 radical (unpaired) electrons. The van der Waals surface area contributed by atoms with Crippen LogP contribution in [0.25, 0.3) is 21.8 Å². The Morgan fingerprint density at radius 3 is 2.89 bits per heavy atom. The van der Waals surface area contributed by atoms with Gasteiger partial charge in [0.15, 0.2) is 0 Å². The molecule has 4 heteroatoms. The van der Waals surface area contributed by atoms with Crippen LogP contribution in [0.4, 0.5) is 0 Å². The third-order valence-electron chi connectivity index (χ3n) is 3.08. The minimum atomic E-state index is -0.286. The molecule has 2 aromatic carbocycles. The summed E-state index contributed by atoms with van der Waals surface area (Å²) in [5, 5.41) is 2.11. The van der Waals surface area contributed by atoms with Crippen molar-refractivity contribution in [3.63, 3.8) is 0 Å².